The molecule has 1 rings (SSSR count). The van der Waals surface area contributed by atoms with E-state index in [0.29, 0.717) is 6.92 Å². The summed E-state index contributed by atoms with van der Waals surface area (Å²) in [6.45, 7) is 0.708. The minimum atomic E-state index is -3.73. The predicted molar refractivity (Wildman–Crippen MR) is 45.9 cm³/mol. The molecule has 1 aliphatic carbocycles. The summed E-state index contributed by atoms with van der Waals surface area (Å²) < 4.78 is 82.0. The Bertz CT molecular complexity index is 554. The third-order valence-corrected chi connectivity index (χ3v) is 0.992. The monoisotopic (exact) mass is 193 g/mol. The van der Waals surface area contributed by atoms with Crippen LogP contribution in [0.4, 0.5) is 0 Å². The highest BCUT2D eigenvalue weighted by atomic mass is 16.5. The molecule has 1 aliphatic rings. The molecule has 0 saturated heterocycles. The number of carbonyl (C=O) groups is 1. The molecular weight excluding hydrogens is 170 g/mol. The van der Waals surface area contributed by atoms with Crippen LogP contribution in [-0.4, -0.2) is 24.1 Å². The highest BCUT2D eigenvalue weighted by Crippen LogP contribution is 2.23. The normalized spacial score (nSPS) is 65.6. The summed E-state index contributed by atoms with van der Waals surface area (Å²) in [5.74, 6) is -1.35. The summed E-state index contributed by atoms with van der Waals surface area (Å²) in [5.41, 5.74) is 0. The van der Waals surface area contributed by atoms with E-state index >= 15 is 0 Å². The molecule has 13 heavy (non-hydrogen) atoms. The average Bonchev–Trinajstić information content (AvgIpc) is 2.35. The summed E-state index contributed by atoms with van der Waals surface area (Å²) in [7, 11) is 0. The second-order valence-corrected chi connectivity index (χ2v) is 1.97. The first kappa shape index (κ1) is 2.92. The van der Waals surface area contributed by atoms with Crippen molar-refractivity contribution in [3.05, 3.63) is 0 Å². The van der Waals surface area contributed by atoms with Gasteiger partial charge >= 0.3 is 5.97 Å². The summed E-state index contributed by atoms with van der Waals surface area (Å²) in [6, 6.07) is -3.61. The Labute approximate surface area is 91.0 Å². The van der Waals surface area contributed by atoms with Gasteiger partial charge in [0.05, 0.1) is 8.76 Å². The molecule has 0 bridgehead atoms. The van der Waals surface area contributed by atoms with Crippen molar-refractivity contribution < 1.29 is 28.0 Å². The van der Waals surface area contributed by atoms with Crippen LogP contribution in [0.25, 0.3) is 0 Å². The van der Waals surface area contributed by atoms with Gasteiger partial charge in [-0.25, -0.2) is 9.79 Å². The van der Waals surface area contributed by atoms with Crippen LogP contribution >= 0.6 is 0 Å². The Balaban J connectivity index is 3.92. The number of nitrogens with zero attached hydrogens (tertiary/aromatic N) is 1. The molecule has 0 unspecified atom stereocenters. The van der Waals surface area contributed by atoms with Crippen LogP contribution < -0.4 is 0 Å². The molecule has 4 nitrogen and oxygen atoms in total. The van der Waals surface area contributed by atoms with Crippen molar-refractivity contribution in [2.45, 2.75) is 44.5 Å². The van der Waals surface area contributed by atoms with Gasteiger partial charge in [-0.15, -0.1) is 0 Å². The van der Waals surface area contributed by atoms with Gasteiger partial charge < -0.3 is 4.74 Å². The van der Waals surface area contributed by atoms with Crippen molar-refractivity contribution in [3.63, 3.8) is 0 Å². The molecule has 0 aliphatic heterocycles. The molecule has 1 fully saturated rings. The topological polar surface area (TPSA) is 55.7 Å². The number of isocyanates is 1. The molecule has 0 aromatic heterocycles. The van der Waals surface area contributed by atoms with Gasteiger partial charge in [0.15, 0.2) is 0 Å². The Morgan fingerprint density at radius 2 is 2.23 bits per heavy atom. The second kappa shape index (κ2) is 4.77. The van der Waals surface area contributed by atoms with Gasteiger partial charge in [0.2, 0.25) is 6.08 Å². The Hall–Kier alpha value is -1.15. The first-order valence-electron chi connectivity index (χ1n) is 8.26. The molecule has 0 atom stereocenters. The van der Waals surface area contributed by atoms with Crippen LogP contribution in [0.1, 0.15) is 46.1 Å². The third-order valence-electron chi connectivity index (χ3n) is 0.992. The van der Waals surface area contributed by atoms with Crippen LogP contribution in [0.3, 0.4) is 0 Å². The van der Waals surface area contributed by atoms with Gasteiger partial charge in [0.25, 0.3) is 0 Å². The minimum absolute atomic E-state index is 0.708. The van der Waals surface area contributed by atoms with Crippen molar-refractivity contribution in [2.75, 3.05) is 0 Å². The summed E-state index contributed by atoms with van der Waals surface area (Å²) in [5, 5.41) is 0. The van der Waals surface area contributed by atoms with Crippen LogP contribution in [0.2, 0.25) is 0 Å². The molecule has 0 radical (unpaired) electrons. The van der Waals surface area contributed by atoms with Crippen molar-refractivity contribution in [1.29, 1.82) is 0 Å². The number of aliphatic imine (C=N–C) groups is 1. The summed E-state index contributed by atoms with van der Waals surface area (Å²) in [6.07, 6.45) is -17.8. The predicted octanol–water partition coefficient (Wildman–Crippen LogP) is 1.20. The van der Waals surface area contributed by atoms with E-state index in [9.17, 15) is 9.59 Å². The Morgan fingerprint density at radius 1 is 1.62 bits per heavy atom. The lowest BCUT2D eigenvalue weighted by atomic mass is 9.93. The molecule has 0 aromatic rings. The maximum absolute atomic E-state index is 11.1. The molecular formula is C9H13NO3. The zero-order valence-corrected chi connectivity index (χ0v) is 6.67. The lowest BCUT2D eigenvalue weighted by Gasteiger charge is -2.24. The lowest BCUT2D eigenvalue weighted by Crippen LogP contribution is -2.25. The lowest BCUT2D eigenvalue weighted by molar-refractivity contribution is -0.147. The highest BCUT2D eigenvalue weighted by Gasteiger charge is 2.22. The first-order valence-corrected chi connectivity index (χ1v) is 3.26. The number of ether oxygens (including phenoxy) is 1. The molecule has 4 heteroatoms. The number of esters is 1. The molecule has 0 N–H and O–H groups in total. The zero-order valence-electron chi connectivity index (χ0n) is 16.7. The van der Waals surface area contributed by atoms with Crippen molar-refractivity contribution in [1.82, 2.24) is 0 Å². The highest BCUT2D eigenvalue weighted by molar-refractivity contribution is 5.66. The minimum Gasteiger partial charge on any atom is -0.463 e. The van der Waals surface area contributed by atoms with Crippen LogP contribution in [0.15, 0.2) is 4.99 Å². The molecule has 0 aromatic carbocycles. The third kappa shape index (κ3) is 3.38. The second-order valence-electron chi connectivity index (χ2n) is 1.97. The average molecular weight is 193 g/mol. The SMILES string of the molecule is [2H]C1([2H])C([2H])([2H])C([2H])(OC(C)=O)C([2H])([2H])C([2H])([2H])C1([2H])N=C=O. The van der Waals surface area contributed by atoms with Crippen LogP contribution in [0.5, 0.6) is 0 Å². The maximum Gasteiger partial charge on any atom is 0.302 e. The van der Waals surface area contributed by atoms with E-state index in [1.807, 2.05) is 0 Å². The zero-order chi connectivity index (χ0) is 18.7. The molecule has 0 amide bonds. The summed E-state index contributed by atoms with van der Waals surface area (Å²) >= 11 is 0. The van der Waals surface area contributed by atoms with Gasteiger partial charge in [-0.2, -0.15) is 0 Å². The van der Waals surface area contributed by atoms with Gasteiger partial charge in [-0.3, -0.25) is 4.79 Å². The Morgan fingerprint density at radius 3 is 2.69 bits per heavy atom. The summed E-state index contributed by atoms with van der Waals surface area (Å²) in [4.78, 5) is 24.3. The number of rotatable bonds is 2. The van der Waals surface area contributed by atoms with E-state index in [1.54, 1.807) is 0 Å². The van der Waals surface area contributed by atoms with Gasteiger partial charge in [0.1, 0.15) is 6.08 Å². The van der Waals surface area contributed by atoms with Crippen molar-refractivity contribution in [2.24, 2.45) is 4.99 Å². The van der Waals surface area contributed by atoms with E-state index < -0.39 is 43.6 Å². The fraction of sp³-hybridized carbons (Fsp3) is 0.778. The van der Waals surface area contributed by atoms with Gasteiger partial charge in [-0.1, -0.05) is 0 Å². The fourth-order valence-corrected chi connectivity index (χ4v) is 0.591. The molecule has 0 spiro atoms. The van der Waals surface area contributed by atoms with E-state index in [1.165, 1.54) is 0 Å². The largest absolute Gasteiger partial charge is 0.463 e. The molecule has 1 saturated carbocycles. The van der Waals surface area contributed by atoms with E-state index in [2.05, 4.69) is 9.73 Å². The quantitative estimate of drug-likeness (QED) is 0.376. The standard InChI is InChI=1S/C9H13NO3/c1-7(12)13-9-4-2-8(3-5-9)10-6-11/h8-9H,2-5H2,1H3/i2D2,3D2,4D2,5D2,8D,9D. The maximum atomic E-state index is 11.1. The smallest absolute Gasteiger partial charge is 0.302 e. The number of hydrogen-bond donors (Lipinski definition) is 0. The van der Waals surface area contributed by atoms with Gasteiger partial charge in [-0.05, 0) is 25.5 Å². The van der Waals surface area contributed by atoms with Crippen LogP contribution in [0, 0.1) is 0 Å². The van der Waals surface area contributed by atoms with Crippen molar-refractivity contribution >= 4 is 12.0 Å². The Kier molecular flexibility index (Phi) is 1.07. The fourth-order valence-electron chi connectivity index (χ4n) is 0.591. The van der Waals surface area contributed by atoms with Gasteiger partial charge in [0, 0.05) is 17.9 Å². The van der Waals surface area contributed by atoms with E-state index in [4.69, 9.17) is 13.7 Å². The number of carbonyl (C=O) groups excluding carboxylic acids is 2. The van der Waals surface area contributed by atoms with Crippen molar-refractivity contribution in [3.8, 4) is 0 Å². The molecule has 0 heterocycles. The van der Waals surface area contributed by atoms with Crippen LogP contribution in [-0.2, 0) is 14.3 Å². The first-order chi connectivity index (χ1) is 9.98. The number of hydrogen-bond acceptors (Lipinski definition) is 4. The molecule has 72 valence electrons. The van der Waals surface area contributed by atoms with E-state index in [-0.39, 0.29) is 0 Å². The van der Waals surface area contributed by atoms with E-state index in [0.717, 1.165) is 6.08 Å².